The summed E-state index contributed by atoms with van der Waals surface area (Å²) in [5.74, 6) is -4.23. The zero-order chi connectivity index (χ0) is 22.6. The number of hydrogen-bond acceptors (Lipinski definition) is 8. The van der Waals surface area contributed by atoms with Crippen molar-refractivity contribution in [2.45, 2.75) is 50.4 Å². The highest BCUT2D eigenvalue weighted by Crippen LogP contribution is 2.04. The predicted molar refractivity (Wildman–Crippen MR) is 104 cm³/mol. The van der Waals surface area contributed by atoms with Gasteiger partial charge < -0.3 is 37.0 Å². The van der Waals surface area contributed by atoms with Gasteiger partial charge in [0.2, 0.25) is 17.7 Å². The van der Waals surface area contributed by atoms with Crippen molar-refractivity contribution in [3.05, 3.63) is 0 Å². The van der Waals surface area contributed by atoms with Crippen LogP contribution in [0.5, 0.6) is 0 Å². The zero-order valence-corrected chi connectivity index (χ0v) is 17.0. The molecule has 29 heavy (non-hydrogen) atoms. The van der Waals surface area contributed by atoms with Crippen LogP contribution < -0.4 is 21.7 Å². The summed E-state index contributed by atoms with van der Waals surface area (Å²) in [5, 5.41) is 33.3. The van der Waals surface area contributed by atoms with Crippen LogP contribution in [0.4, 0.5) is 0 Å². The minimum absolute atomic E-state index is 0.103. The van der Waals surface area contributed by atoms with Crippen molar-refractivity contribution in [3.8, 4) is 0 Å². The Morgan fingerprint density at radius 2 is 1.52 bits per heavy atom. The molecule has 4 atom stereocenters. The maximum absolute atomic E-state index is 12.5. The van der Waals surface area contributed by atoms with Gasteiger partial charge in [-0.1, -0.05) is 0 Å². The lowest BCUT2D eigenvalue weighted by atomic mass is 10.1. The number of carboxylic acids is 2. The van der Waals surface area contributed by atoms with Gasteiger partial charge in [-0.2, -0.15) is 11.8 Å². The van der Waals surface area contributed by atoms with Crippen molar-refractivity contribution in [2.75, 3.05) is 18.6 Å². The van der Waals surface area contributed by atoms with E-state index in [1.165, 1.54) is 18.7 Å². The molecule has 0 bridgehead atoms. The summed E-state index contributed by atoms with van der Waals surface area (Å²) >= 11 is 1.42. The van der Waals surface area contributed by atoms with Crippen LogP contribution in [0, 0.1) is 0 Å². The first-order valence-corrected chi connectivity index (χ1v) is 10.1. The van der Waals surface area contributed by atoms with E-state index in [0.29, 0.717) is 5.75 Å². The average molecular weight is 436 g/mol. The summed E-state index contributed by atoms with van der Waals surface area (Å²) in [7, 11) is 0. The first kappa shape index (κ1) is 26.6. The average Bonchev–Trinajstić information content (AvgIpc) is 2.66. The van der Waals surface area contributed by atoms with Crippen LogP contribution in [0.3, 0.4) is 0 Å². The second kappa shape index (κ2) is 13.7. The van der Waals surface area contributed by atoms with Gasteiger partial charge in [0.05, 0.1) is 12.6 Å². The van der Waals surface area contributed by atoms with Crippen molar-refractivity contribution in [2.24, 2.45) is 5.73 Å². The zero-order valence-electron chi connectivity index (χ0n) is 16.2. The molecule has 0 heterocycles. The molecule has 0 saturated carbocycles. The molecule has 0 aromatic carbocycles. The van der Waals surface area contributed by atoms with E-state index in [9.17, 15) is 24.0 Å². The summed E-state index contributed by atoms with van der Waals surface area (Å²) < 4.78 is 0. The lowest BCUT2D eigenvalue weighted by Gasteiger charge is -2.23. The van der Waals surface area contributed by atoms with Gasteiger partial charge in [0.15, 0.2) is 0 Å². The van der Waals surface area contributed by atoms with E-state index >= 15 is 0 Å². The Labute approximate surface area is 172 Å². The lowest BCUT2D eigenvalue weighted by molar-refractivity contribution is -0.143. The Hall–Kier alpha value is -2.38. The molecular weight excluding hydrogens is 408 g/mol. The molecular formula is C16H28N4O8S. The third-order valence-corrected chi connectivity index (χ3v) is 4.44. The van der Waals surface area contributed by atoms with Gasteiger partial charge in [-0.25, -0.2) is 4.79 Å². The Bertz CT molecular complexity index is 603. The Morgan fingerprint density at radius 3 is 2.00 bits per heavy atom. The fraction of sp³-hybridized carbons (Fsp3) is 0.688. The summed E-state index contributed by atoms with van der Waals surface area (Å²) in [6, 6.07) is -4.78. The highest BCUT2D eigenvalue weighted by Gasteiger charge is 2.28. The number of aliphatic hydroxyl groups is 1. The largest absolute Gasteiger partial charge is 0.481 e. The Kier molecular flexibility index (Phi) is 12.6. The summed E-state index contributed by atoms with van der Waals surface area (Å²) in [6.45, 7) is 0.498. The molecule has 12 nitrogen and oxygen atoms in total. The summed E-state index contributed by atoms with van der Waals surface area (Å²) in [6.07, 6.45) is 1.62. The molecule has 8 N–H and O–H groups in total. The molecule has 3 amide bonds. The molecule has 0 saturated heterocycles. The van der Waals surface area contributed by atoms with Gasteiger partial charge in [0.25, 0.3) is 0 Å². The molecule has 0 radical (unpaired) electrons. The maximum Gasteiger partial charge on any atom is 0.328 e. The molecule has 0 spiro atoms. The minimum Gasteiger partial charge on any atom is -0.481 e. The molecule has 4 unspecified atom stereocenters. The number of carboxylic acid groups (broad SMARTS) is 2. The molecule has 0 rings (SSSR count). The molecule has 166 valence electrons. The number of nitrogens with one attached hydrogen (secondary N) is 3. The van der Waals surface area contributed by atoms with Crippen molar-refractivity contribution in [1.82, 2.24) is 16.0 Å². The monoisotopic (exact) mass is 436 g/mol. The molecule has 13 heteroatoms. The van der Waals surface area contributed by atoms with Gasteiger partial charge >= 0.3 is 11.9 Å². The van der Waals surface area contributed by atoms with Crippen molar-refractivity contribution < 1.29 is 39.3 Å². The topological polar surface area (TPSA) is 208 Å². The number of aliphatic hydroxyl groups excluding tert-OH is 1. The number of thioether (sulfide) groups is 1. The molecule has 0 aromatic rings. The fourth-order valence-corrected chi connectivity index (χ4v) is 2.53. The highest BCUT2D eigenvalue weighted by atomic mass is 32.2. The number of amides is 3. The number of rotatable bonds is 14. The molecule has 0 aliphatic heterocycles. The van der Waals surface area contributed by atoms with Crippen molar-refractivity contribution in [1.29, 1.82) is 0 Å². The lowest BCUT2D eigenvalue weighted by Crippen LogP contribution is -2.56. The smallest absolute Gasteiger partial charge is 0.328 e. The summed E-state index contributed by atoms with van der Waals surface area (Å²) in [5.41, 5.74) is 5.63. The number of hydrogen-bond donors (Lipinski definition) is 7. The standard InChI is InChI=1S/C16H28N4O8S/c1-8(13(24)20-11(7-21)16(27)28)18-15(26)10(5-6-29-2)19-14(25)9(17)3-4-12(22)23/h8-11,21H,3-7,17H2,1-2H3,(H,18,26)(H,19,25)(H,20,24)(H,22,23)(H,27,28). The summed E-state index contributed by atoms with van der Waals surface area (Å²) in [4.78, 5) is 58.0. The van der Waals surface area contributed by atoms with Gasteiger partial charge in [0, 0.05) is 6.42 Å². The third kappa shape index (κ3) is 10.7. The van der Waals surface area contributed by atoms with E-state index < -0.39 is 60.4 Å². The van der Waals surface area contributed by atoms with Gasteiger partial charge in [-0.3, -0.25) is 19.2 Å². The molecule has 0 aliphatic rings. The van der Waals surface area contributed by atoms with E-state index in [1.54, 1.807) is 6.26 Å². The second-order valence-corrected chi connectivity index (χ2v) is 7.18. The highest BCUT2D eigenvalue weighted by molar-refractivity contribution is 7.98. The van der Waals surface area contributed by atoms with Crippen LogP contribution >= 0.6 is 11.8 Å². The fourth-order valence-electron chi connectivity index (χ4n) is 2.06. The van der Waals surface area contributed by atoms with Crippen LogP contribution in [-0.2, 0) is 24.0 Å². The quantitative estimate of drug-likeness (QED) is 0.152. The number of aliphatic carboxylic acids is 2. The van der Waals surface area contributed by atoms with E-state index in [1.807, 2.05) is 0 Å². The normalized spacial score (nSPS) is 14.8. The molecule has 0 aromatic heterocycles. The van der Waals surface area contributed by atoms with Crippen molar-refractivity contribution >= 4 is 41.4 Å². The SMILES string of the molecule is CSCCC(NC(=O)C(N)CCC(=O)O)C(=O)NC(C)C(=O)NC(CO)C(=O)O. The third-order valence-electron chi connectivity index (χ3n) is 3.80. The number of carbonyl (C=O) groups excluding carboxylic acids is 3. The van der Waals surface area contributed by atoms with Crippen molar-refractivity contribution in [3.63, 3.8) is 0 Å². The van der Waals surface area contributed by atoms with Gasteiger partial charge in [-0.05, 0) is 31.8 Å². The van der Waals surface area contributed by atoms with Gasteiger partial charge in [0.1, 0.15) is 18.1 Å². The van der Waals surface area contributed by atoms with Crippen LogP contribution in [0.2, 0.25) is 0 Å². The van der Waals surface area contributed by atoms with E-state index in [-0.39, 0.29) is 19.3 Å². The van der Waals surface area contributed by atoms with E-state index in [4.69, 9.17) is 21.1 Å². The Morgan fingerprint density at radius 1 is 0.931 bits per heavy atom. The van der Waals surface area contributed by atoms with Gasteiger partial charge in [-0.15, -0.1) is 0 Å². The molecule has 0 fully saturated rings. The Balaban J connectivity index is 4.92. The maximum atomic E-state index is 12.5. The van der Waals surface area contributed by atoms with Crippen LogP contribution in [-0.4, -0.2) is 87.8 Å². The minimum atomic E-state index is -1.51. The van der Waals surface area contributed by atoms with Crippen LogP contribution in [0.15, 0.2) is 0 Å². The van der Waals surface area contributed by atoms with E-state index in [0.717, 1.165) is 0 Å². The van der Waals surface area contributed by atoms with Crippen LogP contribution in [0.25, 0.3) is 0 Å². The van der Waals surface area contributed by atoms with E-state index in [2.05, 4.69) is 16.0 Å². The predicted octanol–water partition coefficient (Wildman–Crippen LogP) is -2.52. The number of nitrogens with two attached hydrogens (primary N) is 1. The first-order chi connectivity index (χ1) is 13.5. The van der Waals surface area contributed by atoms with Crippen LogP contribution in [0.1, 0.15) is 26.2 Å². The number of carbonyl (C=O) groups is 5. The second-order valence-electron chi connectivity index (χ2n) is 6.19. The molecule has 0 aliphatic carbocycles. The first-order valence-electron chi connectivity index (χ1n) is 8.74.